The lowest BCUT2D eigenvalue weighted by atomic mass is 10.0. The number of para-hydroxylation sites is 1. The third kappa shape index (κ3) is 10.1. The lowest BCUT2D eigenvalue weighted by Crippen LogP contribution is -1.95. The molecule has 4 nitrogen and oxygen atoms in total. The maximum atomic E-state index is 10.9. The van der Waals surface area contributed by atoms with Gasteiger partial charge in [-0.2, -0.15) is 0 Å². The Labute approximate surface area is 138 Å². The first-order chi connectivity index (χ1) is 9.53. The predicted octanol–water partition coefficient (Wildman–Crippen LogP) is 4.07. The summed E-state index contributed by atoms with van der Waals surface area (Å²) in [5.74, 6) is 0.298. The molecule has 0 heterocycles. The van der Waals surface area contributed by atoms with Gasteiger partial charge in [-0.3, -0.25) is 9.79 Å². The van der Waals surface area contributed by atoms with Crippen LogP contribution in [0.25, 0.3) is 0 Å². The smallest absolute Gasteiger partial charge is 0.404 e. The molecule has 3 radical (unpaired) electrons. The van der Waals surface area contributed by atoms with Crippen LogP contribution in [0.1, 0.15) is 57.4 Å². The van der Waals surface area contributed by atoms with Crippen LogP contribution in [0.5, 0.6) is 5.75 Å². The summed E-state index contributed by atoms with van der Waals surface area (Å²) < 4.78 is 15.6. The SMILES string of the molecule is CCCCCCCCCc1ccccc1OP(=O)(O)O.[Al]. The standard InChI is InChI=1S/C15H25O4P.Al/c1-2-3-4-5-6-7-8-11-14-12-9-10-13-15(14)19-20(16,17)18;/h9-10,12-13H,2-8,11H2,1H3,(H2,16,17,18);. The Morgan fingerprint density at radius 3 is 2.19 bits per heavy atom. The van der Waals surface area contributed by atoms with Gasteiger partial charge in [-0.15, -0.1) is 0 Å². The molecule has 0 atom stereocenters. The fourth-order valence-corrected chi connectivity index (χ4v) is 2.63. The van der Waals surface area contributed by atoms with E-state index in [1.807, 2.05) is 12.1 Å². The van der Waals surface area contributed by atoms with Gasteiger partial charge in [0.25, 0.3) is 0 Å². The summed E-state index contributed by atoms with van der Waals surface area (Å²) in [6, 6.07) is 7.06. The van der Waals surface area contributed by atoms with E-state index in [-0.39, 0.29) is 17.4 Å². The Balaban J connectivity index is 0.00000400. The summed E-state index contributed by atoms with van der Waals surface area (Å²) >= 11 is 0. The number of aryl methyl sites for hydroxylation is 1. The number of hydrogen-bond acceptors (Lipinski definition) is 2. The molecule has 0 saturated heterocycles. The van der Waals surface area contributed by atoms with Crippen molar-refractivity contribution in [1.82, 2.24) is 0 Å². The maximum absolute atomic E-state index is 10.9. The van der Waals surface area contributed by atoms with Crippen molar-refractivity contribution in [2.24, 2.45) is 0 Å². The van der Waals surface area contributed by atoms with Gasteiger partial charge < -0.3 is 4.52 Å². The van der Waals surface area contributed by atoms with Gasteiger partial charge in [-0.05, 0) is 24.5 Å². The molecule has 1 aromatic rings. The van der Waals surface area contributed by atoms with Crippen LogP contribution >= 0.6 is 7.82 Å². The van der Waals surface area contributed by atoms with Crippen molar-refractivity contribution in [3.63, 3.8) is 0 Å². The highest BCUT2D eigenvalue weighted by molar-refractivity contribution is 7.46. The highest BCUT2D eigenvalue weighted by Crippen LogP contribution is 2.39. The maximum Gasteiger partial charge on any atom is 0.524 e. The van der Waals surface area contributed by atoms with Gasteiger partial charge in [0.05, 0.1) is 0 Å². The molecule has 0 aliphatic carbocycles. The summed E-state index contributed by atoms with van der Waals surface area (Å²) in [6.07, 6.45) is 9.32. The second kappa shape index (κ2) is 11.3. The van der Waals surface area contributed by atoms with E-state index >= 15 is 0 Å². The Morgan fingerprint density at radius 1 is 1.00 bits per heavy atom. The summed E-state index contributed by atoms with van der Waals surface area (Å²) in [5.41, 5.74) is 0.865. The first-order valence-electron chi connectivity index (χ1n) is 7.36. The van der Waals surface area contributed by atoms with Gasteiger partial charge in [0.2, 0.25) is 0 Å². The topological polar surface area (TPSA) is 66.8 Å². The number of hydrogen-bond donors (Lipinski definition) is 2. The number of benzene rings is 1. The molecule has 0 amide bonds. The van der Waals surface area contributed by atoms with Crippen LogP contribution < -0.4 is 4.52 Å². The molecule has 21 heavy (non-hydrogen) atoms. The van der Waals surface area contributed by atoms with E-state index in [9.17, 15) is 4.57 Å². The van der Waals surface area contributed by atoms with Crippen molar-refractivity contribution < 1.29 is 18.9 Å². The van der Waals surface area contributed by atoms with Crippen LogP contribution in [-0.2, 0) is 11.0 Å². The van der Waals surface area contributed by atoms with Gasteiger partial charge >= 0.3 is 7.82 Å². The molecule has 117 valence electrons. The normalized spacial score (nSPS) is 11.0. The van der Waals surface area contributed by atoms with Gasteiger partial charge in [0.15, 0.2) is 0 Å². The lowest BCUT2D eigenvalue weighted by molar-refractivity contribution is 0.282. The Morgan fingerprint density at radius 2 is 1.57 bits per heavy atom. The van der Waals surface area contributed by atoms with Crippen molar-refractivity contribution in [2.45, 2.75) is 58.3 Å². The third-order valence-electron chi connectivity index (χ3n) is 3.24. The monoisotopic (exact) mass is 327 g/mol. The molecule has 1 aromatic carbocycles. The van der Waals surface area contributed by atoms with Crippen LogP contribution in [0.4, 0.5) is 0 Å². The first kappa shape index (κ1) is 20.7. The van der Waals surface area contributed by atoms with Crippen molar-refractivity contribution in [3.05, 3.63) is 29.8 Å². The number of phosphoric ester groups is 1. The molecule has 0 spiro atoms. The van der Waals surface area contributed by atoms with Crippen molar-refractivity contribution in [1.29, 1.82) is 0 Å². The summed E-state index contributed by atoms with van der Waals surface area (Å²) in [7, 11) is -4.47. The molecular formula is C15H25AlO4P. The van der Waals surface area contributed by atoms with Crippen molar-refractivity contribution in [3.8, 4) is 5.75 Å². The van der Waals surface area contributed by atoms with E-state index in [0.717, 1.165) is 24.8 Å². The summed E-state index contributed by atoms with van der Waals surface area (Å²) in [4.78, 5) is 17.8. The van der Waals surface area contributed by atoms with E-state index in [0.29, 0.717) is 5.75 Å². The predicted molar refractivity (Wildman–Crippen MR) is 86.6 cm³/mol. The van der Waals surface area contributed by atoms with Gasteiger partial charge in [-0.1, -0.05) is 63.6 Å². The van der Waals surface area contributed by atoms with E-state index in [2.05, 4.69) is 6.92 Å². The highest BCUT2D eigenvalue weighted by atomic mass is 31.2. The molecular weight excluding hydrogens is 302 g/mol. The van der Waals surface area contributed by atoms with Crippen molar-refractivity contribution in [2.75, 3.05) is 0 Å². The largest absolute Gasteiger partial charge is 0.524 e. The van der Waals surface area contributed by atoms with Crippen LogP contribution in [0.3, 0.4) is 0 Å². The molecule has 0 aromatic heterocycles. The quantitative estimate of drug-likeness (QED) is 0.386. The molecule has 0 bridgehead atoms. The zero-order valence-electron chi connectivity index (χ0n) is 12.7. The van der Waals surface area contributed by atoms with E-state index in [1.54, 1.807) is 12.1 Å². The number of rotatable bonds is 10. The Hall–Kier alpha value is -0.298. The first-order valence-corrected chi connectivity index (χ1v) is 8.89. The highest BCUT2D eigenvalue weighted by Gasteiger charge is 2.17. The van der Waals surface area contributed by atoms with Gasteiger partial charge in [0.1, 0.15) is 5.75 Å². The molecule has 0 saturated carbocycles. The van der Waals surface area contributed by atoms with Crippen LogP contribution in [0.2, 0.25) is 0 Å². The van der Waals surface area contributed by atoms with Crippen molar-refractivity contribution >= 4 is 25.2 Å². The number of unbranched alkanes of at least 4 members (excludes halogenated alkanes) is 6. The molecule has 0 unspecified atom stereocenters. The second-order valence-corrected chi connectivity index (χ2v) is 6.22. The minimum atomic E-state index is -4.47. The second-order valence-electron chi connectivity index (χ2n) is 5.06. The molecule has 1 rings (SSSR count). The molecule has 0 aliphatic heterocycles. The van der Waals surface area contributed by atoms with E-state index < -0.39 is 7.82 Å². The van der Waals surface area contributed by atoms with Gasteiger partial charge in [0, 0.05) is 17.4 Å². The lowest BCUT2D eigenvalue weighted by Gasteiger charge is -2.11. The minimum Gasteiger partial charge on any atom is -0.404 e. The molecule has 6 heteroatoms. The summed E-state index contributed by atoms with van der Waals surface area (Å²) in [6.45, 7) is 2.21. The summed E-state index contributed by atoms with van der Waals surface area (Å²) in [5, 5.41) is 0. The third-order valence-corrected chi connectivity index (χ3v) is 3.67. The van der Waals surface area contributed by atoms with Crippen LogP contribution in [0.15, 0.2) is 24.3 Å². The Kier molecular flexibility index (Phi) is 11.1. The fraction of sp³-hybridized carbons (Fsp3) is 0.600. The molecule has 0 aliphatic rings. The van der Waals surface area contributed by atoms with E-state index in [1.165, 1.54) is 32.1 Å². The zero-order chi connectivity index (χ0) is 14.8. The molecule has 0 fully saturated rings. The van der Waals surface area contributed by atoms with Gasteiger partial charge in [-0.25, -0.2) is 4.57 Å². The van der Waals surface area contributed by atoms with Crippen LogP contribution in [0, 0.1) is 0 Å². The Bertz CT molecular complexity index is 433. The minimum absolute atomic E-state index is 0. The van der Waals surface area contributed by atoms with Crippen LogP contribution in [-0.4, -0.2) is 27.1 Å². The average molecular weight is 327 g/mol. The number of phosphoric acid groups is 1. The molecule has 2 N–H and O–H groups in total. The van der Waals surface area contributed by atoms with E-state index in [4.69, 9.17) is 14.3 Å². The zero-order valence-corrected chi connectivity index (χ0v) is 14.8. The fourth-order valence-electron chi connectivity index (χ4n) is 2.20. The average Bonchev–Trinajstić information content (AvgIpc) is 2.38.